The second-order valence-electron chi connectivity index (χ2n) is 6.03. The lowest BCUT2D eigenvalue weighted by atomic mass is 10.2. The summed E-state index contributed by atoms with van der Waals surface area (Å²) in [5.74, 6) is 0. The summed E-state index contributed by atoms with van der Waals surface area (Å²) in [5, 5.41) is 0.177. The van der Waals surface area contributed by atoms with Crippen molar-refractivity contribution >= 4 is 19.7 Å². The molecule has 0 atom stereocenters. The topological polar surface area (TPSA) is 9.23 Å². The first-order valence-corrected chi connectivity index (χ1v) is 9.75. The highest BCUT2D eigenvalue weighted by atomic mass is 32.1. The van der Waals surface area contributed by atoms with Gasteiger partial charge < -0.3 is 4.43 Å². The van der Waals surface area contributed by atoms with E-state index in [1.165, 1.54) is 11.3 Å². The fourth-order valence-corrected chi connectivity index (χ4v) is 3.19. The predicted octanol–water partition coefficient (Wildman–Crippen LogP) is 4.76. The Balaban J connectivity index is 2.48. The Kier molecular flexibility index (Phi) is 4.55. The summed E-state index contributed by atoms with van der Waals surface area (Å²) in [6.45, 7) is 13.7. The van der Waals surface area contributed by atoms with E-state index in [1.54, 1.807) is 0 Å². The zero-order valence-electron chi connectivity index (χ0n) is 11.7. The first-order chi connectivity index (χ1) is 7.63. The van der Waals surface area contributed by atoms with Crippen molar-refractivity contribution in [3.8, 4) is 0 Å². The van der Waals surface area contributed by atoms with Gasteiger partial charge in [-0.25, -0.2) is 0 Å². The molecule has 0 amide bonds. The van der Waals surface area contributed by atoms with Gasteiger partial charge in [0.1, 0.15) is 0 Å². The monoisotopic (exact) mass is 274 g/mol. The highest BCUT2D eigenvalue weighted by Gasteiger charge is 2.36. The normalized spacial score (nSPS) is 13.1. The molecule has 1 heterocycles. The molecule has 0 fully saturated rings. The molecular formula is C13H23FOSSi. The minimum Gasteiger partial charge on any atom is -0.416 e. The minimum atomic E-state index is -1.65. The molecule has 0 aliphatic heterocycles. The number of thiophene rings is 1. The Labute approximate surface area is 109 Å². The molecule has 0 radical (unpaired) electrons. The van der Waals surface area contributed by atoms with Crippen LogP contribution in [0.5, 0.6) is 0 Å². The molecule has 0 aliphatic carbocycles. The summed E-state index contributed by atoms with van der Waals surface area (Å²) in [5.41, 5.74) is 0.748. The SMILES string of the molecule is Cc1cc(CCO[Si](C)(C)C(C)(C)C)sc1F. The lowest BCUT2D eigenvalue weighted by Crippen LogP contribution is -2.41. The van der Waals surface area contributed by atoms with Crippen LogP contribution in [0.15, 0.2) is 6.07 Å². The van der Waals surface area contributed by atoms with Gasteiger partial charge in [0.25, 0.3) is 0 Å². The van der Waals surface area contributed by atoms with Crippen molar-refractivity contribution < 1.29 is 8.82 Å². The van der Waals surface area contributed by atoms with E-state index in [0.717, 1.165) is 16.9 Å². The molecule has 0 N–H and O–H groups in total. The second kappa shape index (κ2) is 5.20. The molecule has 17 heavy (non-hydrogen) atoms. The summed E-state index contributed by atoms with van der Waals surface area (Å²) < 4.78 is 19.2. The van der Waals surface area contributed by atoms with Gasteiger partial charge in [-0.1, -0.05) is 20.8 Å². The van der Waals surface area contributed by atoms with Gasteiger partial charge in [0.05, 0.1) is 0 Å². The van der Waals surface area contributed by atoms with Crippen LogP contribution in [0.2, 0.25) is 18.1 Å². The molecule has 98 valence electrons. The summed E-state index contributed by atoms with van der Waals surface area (Å²) in [6.07, 6.45) is 0.821. The van der Waals surface area contributed by atoms with Gasteiger partial charge in [-0.3, -0.25) is 0 Å². The second-order valence-corrected chi connectivity index (χ2v) is 11.9. The first-order valence-electron chi connectivity index (χ1n) is 6.02. The Morgan fingerprint density at radius 3 is 2.35 bits per heavy atom. The Bertz CT molecular complexity index is 360. The quantitative estimate of drug-likeness (QED) is 0.719. The fourth-order valence-electron chi connectivity index (χ4n) is 1.27. The van der Waals surface area contributed by atoms with Crippen LogP contribution in [-0.2, 0) is 10.8 Å². The fraction of sp³-hybridized carbons (Fsp3) is 0.692. The van der Waals surface area contributed by atoms with Crippen molar-refractivity contribution in [2.45, 2.75) is 52.2 Å². The van der Waals surface area contributed by atoms with Gasteiger partial charge in [0.2, 0.25) is 0 Å². The zero-order valence-corrected chi connectivity index (χ0v) is 13.5. The van der Waals surface area contributed by atoms with Crippen molar-refractivity contribution in [1.82, 2.24) is 0 Å². The molecule has 0 aliphatic rings. The molecule has 1 aromatic rings. The van der Waals surface area contributed by atoms with Crippen LogP contribution >= 0.6 is 11.3 Å². The number of hydrogen-bond donors (Lipinski definition) is 0. The average Bonchev–Trinajstić information content (AvgIpc) is 2.44. The maximum atomic E-state index is 13.2. The average molecular weight is 274 g/mol. The third kappa shape index (κ3) is 3.90. The maximum absolute atomic E-state index is 13.2. The zero-order chi connectivity index (χ0) is 13.3. The van der Waals surface area contributed by atoms with E-state index in [0.29, 0.717) is 6.61 Å². The van der Waals surface area contributed by atoms with Crippen LogP contribution in [0.1, 0.15) is 31.2 Å². The van der Waals surface area contributed by atoms with Crippen LogP contribution in [0, 0.1) is 12.1 Å². The molecule has 1 rings (SSSR count). The van der Waals surface area contributed by atoms with E-state index in [-0.39, 0.29) is 10.2 Å². The van der Waals surface area contributed by atoms with E-state index in [1.807, 2.05) is 13.0 Å². The van der Waals surface area contributed by atoms with Crippen LogP contribution in [-0.4, -0.2) is 14.9 Å². The number of rotatable bonds is 4. The van der Waals surface area contributed by atoms with E-state index in [4.69, 9.17) is 4.43 Å². The summed E-state index contributed by atoms with van der Waals surface area (Å²) in [6, 6.07) is 1.93. The molecule has 0 saturated heterocycles. The van der Waals surface area contributed by atoms with Crippen molar-refractivity contribution in [2.75, 3.05) is 6.61 Å². The van der Waals surface area contributed by atoms with E-state index in [2.05, 4.69) is 33.9 Å². The smallest absolute Gasteiger partial charge is 0.191 e. The molecular weight excluding hydrogens is 251 g/mol. The van der Waals surface area contributed by atoms with Crippen LogP contribution < -0.4 is 0 Å². The third-order valence-electron chi connectivity index (χ3n) is 3.53. The maximum Gasteiger partial charge on any atom is 0.191 e. The molecule has 0 spiro atoms. The molecule has 4 heteroatoms. The van der Waals surface area contributed by atoms with Gasteiger partial charge in [-0.2, -0.15) is 4.39 Å². The van der Waals surface area contributed by atoms with E-state index >= 15 is 0 Å². The van der Waals surface area contributed by atoms with E-state index in [9.17, 15) is 4.39 Å². The third-order valence-corrected chi connectivity index (χ3v) is 9.15. The number of aryl methyl sites for hydroxylation is 1. The van der Waals surface area contributed by atoms with Gasteiger partial charge >= 0.3 is 0 Å². The largest absolute Gasteiger partial charge is 0.416 e. The van der Waals surface area contributed by atoms with Gasteiger partial charge in [-0.15, -0.1) is 11.3 Å². The minimum absolute atomic E-state index is 0.0627. The molecule has 0 bridgehead atoms. The van der Waals surface area contributed by atoms with Crippen molar-refractivity contribution in [2.24, 2.45) is 0 Å². The Morgan fingerprint density at radius 1 is 1.35 bits per heavy atom. The number of halogens is 1. The lowest BCUT2D eigenvalue weighted by Gasteiger charge is -2.36. The van der Waals surface area contributed by atoms with Crippen molar-refractivity contribution in [3.63, 3.8) is 0 Å². The van der Waals surface area contributed by atoms with Crippen molar-refractivity contribution in [3.05, 3.63) is 21.6 Å². The molecule has 0 aromatic carbocycles. The van der Waals surface area contributed by atoms with Crippen molar-refractivity contribution in [1.29, 1.82) is 0 Å². The summed E-state index contributed by atoms with van der Waals surface area (Å²) in [7, 11) is -1.65. The highest BCUT2D eigenvalue weighted by molar-refractivity contribution is 7.10. The van der Waals surface area contributed by atoms with Crippen LogP contribution in [0.4, 0.5) is 4.39 Å². The molecule has 0 unspecified atom stereocenters. The van der Waals surface area contributed by atoms with Crippen LogP contribution in [0.3, 0.4) is 0 Å². The molecule has 0 saturated carbocycles. The summed E-state index contributed by atoms with van der Waals surface area (Å²) >= 11 is 1.24. The van der Waals surface area contributed by atoms with Gasteiger partial charge in [0.15, 0.2) is 13.4 Å². The highest BCUT2D eigenvalue weighted by Crippen LogP contribution is 2.36. The molecule has 1 aromatic heterocycles. The standard InChI is InChI=1S/C13H23FOSSi/c1-10-9-11(16-12(10)14)7-8-15-17(5,6)13(2,3)4/h9H,7-8H2,1-6H3. The lowest BCUT2D eigenvalue weighted by molar-refractivity contribution is 0.293. The van der Waals surface area contributed by atoms with E-state index < -0.39 is 8.32 Å². The van der Waals surface area contributed by atoms with Crippen LogP contribution in [0.25, 0.3) is 0 Å². The molecule has 1 nitrogen and oxygen atoms in total. The Hall–Kier alpha value is -0.193. The predicted molar refractivity (Wildman–Crippen MR) is 75.9 cm³/mol. The Morgan fingerprint density at radius 2 is 1.94 bits per heavy atom. The van der Waals surface area contributed by atoms with Gasteiger partial charge in [-0.05, 0) is 36.7 Å². The number of hydrogen-bond acceptors (Lipinski definition) is 2. The summed E-state index contributed by atoms with van der Waals surface area (Å²) in [4.78, 5) is 1.08. The first kappa shape index (κ1) is 14.9. The van der Waals surface area contributed by atoms with Gasteiger partial charge in [0, 0.05) is 17.9 Å².